The van der Waals surface area contributed by atoms with Crippen LogP contribution in [0.25, 0.3) is 0 Å². The third kappa shape index (κ3) is 6.13. The Kier molecular flexibility index (Phi) is 5.21. The summed E-state index contributed by atoms with van der Waals surface area (Å²) in [7, 11) is 1.64. The number of benzene rings is 1. The van der Waals surface area contributed by atoms with E-state index in [2.05, 4.69) is 5.32 Å². The Morgan fingerprint density at radius 1 is 1.26 bits per heavy atom. The van der Waals surface area contributed by atoms with Crippen LogP contribution in [0.5, 0.6) is 5.75 Å². The zero-order chi connectivity index (χ0) is 14.5. The van der Waals surface area contributed by atoms with Gasteiger partial charge in [-0.05, 0) is 51.8 Å². The van der Waals surface area contributed by atoms with Crippen LogP contribution in [0.2, 0.25) is 0 Å². The molecule has 0 spiro atoms. The van der Waals surface area contributed by atoms with Crippen molar-refractivity contribution in [3.63, 3.8) is 0 Å². The number of hydrogen-bond donors (Lipinski definition) is 1. The van der Waals surface area contributed by atoms with Crippen molar-refractivity contribution in [2.45, 2.75) is 45.8 Å². The van der Waals surface area contributed by atoms with Gasteiger partial charge in [0.05, 0.1) is 7.11 Å². The van der Waals surface area contributed by atoms with Gasteiger partial charge in [-0.25, -0.2) is 4.79 Å². The van der Waals surface area contributed by atoms with Crippen LogP contribution in [-0.4, -0.2) is 24.8 Å². The van der Waals surface area contributed by atoms with Gasteiger partial charge in [0.2, 0.25) is 0 Å². The smallest absolute Gasteiger partial charge is 0.407 e. The summed E-state index contributed by atoms with van der Waals surface area (Å²) in [5.41, 5.74) is 0.675. The largest absolute Gasteiger partial charge is 0.497 e. The molecule has 1 atom stereocenters. The van der Waals surface area contributed by atoms with Gasteiger partial charge in [0.25, 0.3) is 0 Å². The number of amides is 1. The SMILES string of the molecule is COc1ccc(C[C@@H](C)NC(=O)OC(C)(C)C)cc1. The van der Waals surface area contributed by atoms with E-state index < -0.39 is 5.60 Å². The third-order valence-corrected chi connectivity index (χ3v) is 2.46. The van der Waals surface area contributed by atoms with Crippen molar-refractivity contribution in [2.24, 2.45) is 0 Å². The van der Waals surface area contributed by atoms with Crippen molar-refractivity contribution in [3.05, 3.63) is 29.8 Å². The first kappa shape index (κ1) is 15.3. The van der Waals surface area contributed by atoms with Crippen LogP contribution < -0.4 is 10.1 Å². The minimum atomic E-state index is -0.468. The number of rotatable bonds is 4. The van der Waals surface area contributed by atoms with Crippen LogP contribution in [0, 0.1) is 0 Å². The molecule has 0 bridgehead atoms. The summed E-state index contributed by atoms with van der Waals surface area (Å²) in [6.07, 6.45) is 0.372. The normalized spacial score (nSPS) is 12.7. The summed E-state index contributed by atoms with van der Waals surface area (Å²) < 4.78 is 10.3. The molecule has 1 aromatic rings. The molecule has 4 nitrogen and oxygen atoms in total. The molecule has 1 amide bonds. The Hall–Kier alpha value is -1.71. The molecule has 1 rings (SSSR count). The van der Waals surface area contributed by atoms with Crippen molar-refractivity contribution in [3.8, 4) is 5.75 Å². The average molecular weight is 265 g/mol. The molecule has 106 valence electrons. The van der Waals surface area contributed by atoms with Gasteiger partial charge in [0, 0.05) is 6.04 Å². The number of ether oxygens (including phenoxy) is 2. The van der Waals surface area contributed by atoms with Gasteiger partial charge >= 0.3 is 6.09 Å². The van der Waals surface area contributed by atoms with E-state index in [-0.39, 0.29) is 12.1 Å². The number of nitrogens with one attached hydrogen (secondary N) is 1. The minimum Gasteiger partial charge on any atom is -0.497 e. The van der Waals surface area contributed by atoms with Crippen molar-refractivity contribution in [2.75, 3.05) is 7.11 Å². The van der Waals surface area contributed by atoms with Crippen LogP contribution in [-0.2, 0) is 11.2 Å². The van der Waals surface area contributed by atoms with Crippen molar-refractivity contribution >= 4 is 6.09 Å². The number of methoxy groups -OCH3 is 1. The van der Waals surface area contributed by atoms with Crippen LogP contribution in [0.15, 0.2) is 24.3 Å². The van der Waals surface area contributed by atoms with E-state index >= 15 is 0 Å². The lowest BCUT2D eigenvalue weighted by atomic mass is 10.1. The van der Waals surface area contributed by atoms with Gasteiger partial charge < -0.3 is 14.8 Å². The van der Waals surface area contributed by atoms with Gasteiger partial charge in [-0.15, -0.1) is 0 Å². The Labute approximate surface area is 115 Å². The van der Waals surface area contributed by atoms with Crippen LogP contribution in [0.1, 0.15) is 33.3 Å². The van der Waals surface area contributed by atoms with E-state index in [0.717, 1.165) is 17.7 Å². The molecule has 1 aromatic carbocycles. The fraction of sp³-hybridized carbons (Fsp3) is 0.533. The Morgan fingerprint density at radius 3 is 2.32 bits per heavy atom. The maximum Gasteiger partial charge on any atom is 0.407 e. The fourth-order valence-electron chi connectivity index (χ4n) is 1.67. The van der Waals surface area contributed by atoms with Crippen molar-refractivity contribution < 1.29 is 14.3 Å². The number of carbonyl (C=O) groups excluding carboxylic acids is 1. The maximum atomic E-state index is 11.6. The van der Waals surface area contributed by atoms with E-state index in [1.807, 2.05) is 52.0 Å². The lowest BCUT2D eigenvalue weighted by molar-refractivity contribution is 0.0508. The Bertz CT molecular complexity index is 406. The Morgan fingerprint density at radius 2 is 1.84 bits per heavy atom. The molecule has 0 saturated heterocycles. The van der Waals surface area contributed by atoms with Gasteiger partial charge in [0.15, 0.2) is 0 Å². The molecule has 0 saturated carbocycles. The van der Waals surface area contributed by atoms with Gasteiger partial charge in [-0.3, -0.25) is 0 Å². The van der Waals surface area contributed by atoms with E-state index in [0.29, 0.717) is 0 Å². The molecular formula is C15H23NO3. The molecule has 0 aliphatic carbocycles. The minimum absolute atomic E-state index is 0.0169. The average Bonchev–Trinajstić information content (AvgIpc) is 2.27. The second kappa shape index (κ2) is 6.45. The number of carbonyl (C=O) groups is 1. The molecule has 0 fully saturated rings. The molecule has 0 heterocycles. The highest BCUT2D eigenvalue weighted by Crippen LogP contribution is 2.13. The second-order valence-corrected chi connectivity index (χ2v) is 5.60. The first-order valence-electron chi connectivity index (χ1n) is 6.42. The molecule has 0 aliphatic rings. The lowest BCUT2D eigenvalue weighted by Crippen LogP contribution is -2.38. The summed E-state index contributed by atoms with van der Waals surface area (Å²) in [5, 5.41) is 2.82. The van der Waals surface area contributed by atoms with Crippen molar-refractivity contribution in [1.82, 2.24) is 5.32 Å². The zero-order valence-corrected chi connectivity index (χ0v) is 12.3. The quantitative estimate of drug-likeness (QED) is 0.909. The van der Waals surface area contributed by atoms with Crippen LogP contribution in [0.4, 0.5) is 4.79 Å². The van der Waals surface area contributed by atoms with Crippen LogP contribution >= 0.6 is 0 Å². The van der Waals surface area contributed by atoms with E-state index in [4.69, 9.17) is 9.47 Å². The number of hydrogen-bond acceptors (Lipinski definition) is 3. The highest BCUT2D eigenvalue weighted by molar-refractivity contribution is 5.68. The molecular weight excluding hydrogens is 242 g/mol. The molecule has 1 N–H and O–H groups in total. The summed E-state index contributed by atoms with van der Waals surface area (Å²) in [4.78, 5) is 11.6. The Balaban J connectivity index is 2.46. The zero-order valence-electron chi connectivity index (χ0n) is 12.3. The highest BCUT2D eigenvalue weighted by Gasteiger charge is 2.17. The monoisotopic (exact) mass is 265 g/mol. The standard InChI is InChI=1S/C15H23NO3/c1-11(16-14(17)19-15(2,3)4)10-12-6-8-13(18-5)9-7-12/h6-9,11H,10H2,1-5H3,(H,16,17)/t11-/m1/s1. The van der Waals surface area contributed by atoms with Gasteiger partial charge in [0.1, 0.15) is 11.4 Å². The predicted molar refractivity (Wildman–Crippen MR) is 75.5 cm³/mol. The third-order valence-electron chi connectivity index (χ3n) is 2.46. The second-order valence-electron chi connectivity index (χ2n) is 5.60. The molecule has 19 heavy (non-hydrogen) atoms. The predicted octanol–water partition coefficient (Wildman–Crippen LogP) is 3.15. The molecule has 0 aromatic heterocycles. The molecule has 0 aliphatic heterocycles. The topological polar surface area (TPSA) is 47.6 Å². The van der Waals surface area contributed by atoms with E-state index in [9.17, 15) is 4.79 Å². The summed E-state index contributed by atoms with van der Waals surface area (Å²) in [6, 6.07) is 7.83. The molecule has 0 unspecified atom stereocenters. The molecule has 4 heteroatoms. The highest BCUT2D eigenvalue weighted by atomic mass is 16.6. The van der Waals surface area contributed by atoms with Crippen LogP contribution in [0.3, 0.4) is 0 Å². The summed E-state index contributed by atoms with van der Waals surface area (Å²) >= 11 is 0. The maximum absolute atomic E-state index is 11.6. The van der Waals surface area contributed by atoms with Crippen molar-refractivity contribution in [1.29, 1.82) is 0 Å². The number of alkyl carbamates (subject to hydrolysis) is 1. The first-order chi connectivity index (χ1) is 8.80. The summed E-state index contributed by atoms with van der Waals surface area (Å²) in [5.74, 6) is 0.830. The summed E-state index contributed by atoms with van der Waals surface area (Å²) in [6.45, 7) is 7.50. The first-order valence-corrected chi connectivity index (χ1v) is 6.42. The van der Waals surface area contributed by atoms with E-state index in [1.54, 1.807) is 7.11 Å². The van der Waals surface area contributed by atoms with E-state index in [1.165, 1.54) is 0 Å². The lowest BCUT2D eigenvalue weighted by Gasteiger charge is -2.22. The van der Waals surface area contributed by atoms with Gasteiger partial charge in [-0.2, -0.15) is 0 Å². The molecule has 0 radical (unpaired) electrons. The fourth-order valence-corrected chi connectivity index (χ4v) is 1.67. The van der Waals surface area contributed by atoms with Gasteiger partial charge in [-0.1, -0.05) is 12.1 Å².